The van der Waals surface area contributed by atoms with Crippen LogP contribution in [-0.4, -0.2) is 45.4 Å². The number of fused-ring (bicyclic) bond motifs is 2. The highest BCUT2D eigenvalue weighted by Gasteiger charge is 2.41. The van der Waals surface area contributed by atoms with E-state index in [1.807, 2.05) is 7.05 Å². The molecule has 22 heavy (non-hydrogen) atoms. The maximum atomic E-state index is 5.88. The van der Waals surface area contributed by atoms with Gasteiger partial charge in [-0.1, -0.05) is 12.1 Å². The Morgan fingerprint density at radius 1 is 1.27 bits per heavy atom. The van der Waals surface area contributed by atoms with Crippen molar-refractivity contribution in [2.75, 3.05) is 26.0 Å². The summed E-state index contributed by atoms with van der Waals surface area (Å²) in [6, 6.07) is 8.97. The summed E-state index contributed by atoms with van der Waals surface area (Å²) in [5, 5.41) is 6.89. The van der Waals surface area contributed by atoms with E-state index >= 15 is 0 Å². The number of rotatable bonds is 4. The molecule has 0 spiro atoms. The van der Waals surface area contributed by atoms with Crippen molar-refractivity contribution in [3.05, 3.63) is 29.8 Å². The van der Waals surface area contributed by atoms with Gasteiger partial charge in [0.15, 0.2) is 5.96 Å². The minimum Gasteiger partial charge on any atom is -0.378 e. The molecule has 2 saturated heterocycles. The normalized spacial score (nSPS) is 27.0. The van der Waals surface area contributed by atoms with Crippen LogP contribution < -0.4 is 15.5 Å². The van der Waals surface area contributed by atoms with Crippen LogP contribution in [0.25, 0.3) is 0 Å². The molecule has 120 valence electrons. The Bertz CT molecular complexity index is 526. The lowest BCUT2D eigenvalue weighted by Crippen LogP contribution is -2.47. The van der Waals surface area contributed by atoms with E-state index in [0.717, 1.165) is 18.9 Å². The summed E-state index contributed by atoms with van der Waals surface area (Å²) in [7, 11) is 5.92. The molecule has 0 aliphatic carbocycles. The number of ether oxygens (including phenoxy) is 1. The number of guanidine groups is 1. The van der Waals surface area contributed by atoms with Gasteiger partial charge >= 0.3 is 0 Å². The van der Waals surface area contributed by atoms with Crippen LogP contribution in [0.4, 0.5) is 5.69 Å². The molecular weight excluding hydrogens is 276 g/mol. The average Bonchev–Trinajstić information content (AvgIpc) is 3.14. The molecule has 3 rings (SSSR count). The van der Waals surface area contributed by atoms with Crippen molar-refractivity contribution in [1.82, 2.24) is 10.6 Å². The Kier molecular flexibility index (Phi) is 4.52. The number of hydrogen-bond acceptors (Lipinski definition) is 3. The van der Waals surface area contributed by atoms with E-state index in [-0.39, 0.29) is 0 Å². The summed E-state index contributed by atoms with van der Waals surface area (Å²) in [6.07, 6.45) is 4.31. The van der Waals surface area contributed by atoms with Gasteiger partial charge in [0.05, 0.1) is 18.2 Å². The second-order valence-electron chi connectivity index (χ2n) is 6.35. The first-order chi connectivity index (χ1) is 10.7. The van der Waals surface area contributed by atoms with Crippen LogP contribution in [0.3, 0.4) is 0 Å². The fraction of sp³-hybridized carbons (Fsp3) is 0.588. The molecule has 3 atom stereocenters. The SMILES string of the molecule is CN=C(NCc1ccc(N(C)C)cc1)NC1CC2CCC1O2. The molecule has 2 aliphatic heterocycles. The molecule has 2 heterocycles. The fourth-order valence-electron chi connectivity index (χ4n) is 3.26. The molecule has 2 bridgehead atoms. The quantitative estimate of drug-likeness (QED) is 0.657. The molecule has 2 aliphatic rings. The van der Waals surface area contributed by atoms with Gasteiger partial charge in [0.25, 0.3) is 0 Å². The predicted octanol–water partition coefficient (Wildman–Crippen LogP) is 1.74. The second kappa shape index (κ2) is 6.57. The number of anilines is 1. The zero-order valence-electron chi connectivity index (χ0n) is 13.7. The van der Waals surface area contributed by atoms with Crippen LogP contribution in [0.1, 0.15) is 24.8 Å². The molecule has 2 N–H and O–H groups in total. The van der Waals surface area contributed by atoms with Crippen LogP contribution in [0.15, 0.2) is 29.3 Å². The van der Waals surface area contributed by atoms with Crippen molar-refractivity contribution in [2.45, 2.75) is 44.1 Å². The van der Waals surface area contributed by atoms with Gasteiger partial charge in [-0.3, -0.25) is 4.99 Å². The van der Waals surface area contributed by atoms with E-state index in [1.165, 1.54) is 24.1 Å². The molecule has 1 aromatic rings. The Labute approximate surface area is 132 Å². The van der Waals surface area contributed by atoms with Crippen LogP contribution in [0.2, 0.25) is 0 Å². The Hall–Kier alpha value is -1.75. The third-order valence-corrected chi connectivity index (χ3v) is 4.56. The topological polar surface area (TPSA) is 48.9 Å². The van der Waals surface area contributed by atoms with Gasteiger partial charge in [0.2, 0.25) is 0 Å². The first-order valence-electron chi connectivity index (χ1n) is 8.04. The summed E-state index contributed by atoms with van der Waals surface area (Å²) in [5.41, 5.74) is 2.46. The number of nitrogens with one attached hydrogen (secondary N) is 2. The van der Waals surface area contributed by atoms with E-state index in [9.17, 15) is 0 Å². The van der Waals surface area contributed by atoms with E-state index in [4.69, 9.17) is 4.74 Å². The molecule has 0 amide bonds. The molecule has 1 aromatic carbocycles. The van der Waals surface area contributed by atoms with Gasteiger partial charge < -0.3 is 20.3 Å². The number of nitrogens with zero attached hydrogens (tertiary/aromatic N) is 2. The number of benzene rings is 1. The van der Waals surface area contributed by atoms with Crippen molar-refractivity contribution in [2.24, 2.45) is 4.99 Å². The van der Waals surface area contributed by atoms with E-state index < -0.39 is 0 Å². The maximum Gasteiger partial charge on any atom is 0.191 e. The molecular formula is C17H26N4O. The zero-order chi connectivity index (χ0) is 15.5. The Balaban J connectivity index is 1.51. The first-order valence-corrected chi connectivity index (χ1v) is 8.04. The smallest absolute Gasteiger partial charge is 0.191 e. The Morgan fingerprint density at radius 2 is 2.05 bits per heavy atom. The fourth-order valence-corrected chi connectivity index (χ4v) is 3.26. The van der Waals surface area contributed by atoms with Crippen molar-refractivity contribution < 1.29 is 4.74 Å². The lowest BCUT2D eigenvalue weighted by atomic mass is 9.96. The number of hydrogen-bond donors (Lipinski definition) is 2. The lowest BCUT2D eigenvalue weighted by Gasteiger charge is -2.22. The van der Waals surface area contributed by atoms with Gasteiger partial charge in [-0.05, 0) is 37.0 Å². The van der Waals surface area contributed by atoms with E-state index in [0.29, 0.717) is 18.2 Å². The summed E-state index contributed by atoms with van der Waals surface area (Å²) < 4.78 is 5.88. The largest absolute Gasteiger partial charge is 0.378 e. The van der Waals surface area contributed by atoms with Crippen LogP contribution in [0, 0.1) is 0 Å². The monoisotopic (exact) mass is 302 g/mol. The predicted molar refractivity (Wildman–Crippen MR) is 90.4 cm³/mol. The average molecular weight is 302 g/mol. The summed E-state index contributed by atoms with van der Waals surface area (Å²) in [4.78, 5) is 6.43. The lowest BCUT2D eigenvalue weighted by molar-refractivity contribution is 0.0992. The molecule has 0 saturated carbocycles. The molecule has 5 nitrogen and oxygen atoms in total. The van der Waals surface area contributed by atoms with Gasteiger partial charge in [0.1, 0.15) is 0 Å². The minimum atomic E-state index is 0.364. The second-order valence-corrected chi connectivity index (χ2v) is 6.35. The van der Waals surface area contributed by atoms with Gasteiger partial charge in [-0.2, -0.15) is 0 Å². The minimum absolute atomic E-state index is 0.364. The third kappa shape index (κ3) is 3.35. The molecule has 0 radical (unpaired) electrons. The summed E-state index contributed by atoms with van der Waals surface area (Å²) in [5.74, 6) is 0.859. The zero-order valence-corrected chi connectivity index (χ0v) is 13.7. The molecule has 0 aromatic heterocycles. The van der Waals surface area contributed by atoms with E-state index in [2.05, 4.69) is 58.9 Å². The van der Waals surface area contributed by atoms with Crippen molar-refractivity contribution >= 4 is 11.6 Å². The molecule has 2 fully saturated rings. The van der Waals surface area contributed by atoms with Crippen LogP contribution in [0.5, 0.6) is 0 Å². The molecule has 5 heteroatoms. The highest BCUT2D eigenvalue weighted by molar-refractivity contribution is 5.80. The summed E-state index contributed by atoms with van der Waals surface area (Å²) in [6.45, 7) is 0.773. The van der Waals surface area contributed by atoms with Crippen LogP contribution in [-0.2, 0) is 11.3 Å². The van der Waals surface area contributed by atoms with Crippen LogP contribution >= 0.6 is 0 Å². The highest BCUT2D eigenvalue weighted by Crippen LogP contribution is 2.34. The first kappa shape index (κ1) is 15.2. The Morgan fingerprint density at radius 3 is 2.59 bits per heavy atom. The van der Waals surface area contributed by atoms with E-state index in [1.54, 1.807) is 0 Å². The molecule has 3 unspecified atom stereocenters. The van der Waals surface area contributed by atoms with Gasteiger partial charge in [-0.25, -0.2) is 0 Å². The standard InChI is InChI=1S/C17H26N4O/c1-18-17(20-15-10-14-8-9-16(15)22-14)19-11-12-4-6-13(7-5-12)21(2)3/h4-7,14-16H,8-11H2,1-3H3,(H2,18,19,20). The highest BCUT2D eigenvalue weighted by atomic mass is 16.5. The van der Waals surface area contributed by atoms with Crippen molar-refractivity contribution in [1.29, 1.82) is 0 Å². The summed E-state index contributed by atoms with van der Waals surface area (Å²) >= 11 is 0. The maximum absolute atomic E-state index is 5.88. The van der Waals surface area contributed by atoms with Gasteiger partial charge in [0, 0.05) is 33.4 Å². The van der Waals surface area contributed by atoms with Crippen molar-refractivity contribution in [3.8, 4) is 0 Å². The number of aliphatic imine (C=N–C) groups is 1. The van der Waals surface area contributed by atoms with Gasteiger partial charge in [-0.15, -0.1) is 0 Å². The third-order valence-electron chi connectivity index (χ3n) is 4.56. The van der Waals surface area contributed by atoms with Crippen molar-refractivity contribution in [3.63, 3.8) is 0 Å².